The van der Waals surface area contributed by atoms with Gasteiger partial charge in [-0.25, -0.2) is 9.37 Å². The fraction of sp³-hybridized carbons (Fsp3) is 0.333. The first-order valence-electron chi connectivity index (χ1n) is 12.1. The fourth-order valence-corrected chi connectivity index (χ4v) is 5.62. The van der Waals surface area contributed by atoms with E-state index in [-0.39, 0.29) is 5.82 Å². The Kier molecular flexibility index (Phi) is 6.93. The van der Waals surface area contributed by atoms with Gasteiger partial charge < -0.3 is 25.2 Å². The highest BCUT2D eigenvalue weighted by molar-refractivity contribution is 7.17. The van der Waals surface area contributed by atoms with Crippen LogP contribution in [-0.4, -0.2) is 55.2 Å². The molecule has 4 aromatic rings. The Bertz CT molecular complexity index is 1370. The summed E-state index contributed by atoms with van der Waals surface area (Å²) >= 11 is 1.56. The lowest BCUT2D eigenvalue weighted by Gasteiger charge is -2.37. The van der Waals surface area contributed by atoms with Crippen molar-refractivity contribution in [2.45, 2.75) is 25.8 Å². The lowest BCUT2D eigenvalue weighted by atomic mass is 10.0. The van der Waals surface area contributed by atoms with Gasteiger partial charge in [0, 0.05) is 36.6 Å². The molecule has 0 unspecified atom stereocenters. The summed E-state index contributed by atoms with van der Waals surface area (Å²) in [7, 11) is 6.00. The van der Waals surface area contributed by atoms with Crippen LogP contribution in [0.2, 0.25) is 0 Å². The fourth-order valence-electron chi connectivity index (χ4n) is 4.70. The van der Waals surface area contributed by atoms with Gasteiger partial charge in [-0.05, 0) is 75.1 Å². The second-order valence-corrected chi connectivity index (χ2v) is 10.2. The van der Waals surface area contributed by atoms with Crippen molar-refractivity contribution in [3.63, 3.8) is 0 Å². The van der Waals surface area contributed by atoms with Gasteiger partial charge in [0.2, 0.25) is 5.95 Å². The number of aromatic nitrogens is 2. The number of nitrogens with zero attached hydrogens (tertiary/aromatic N) is 4. The van der Waals surface area contributed by atoms with Gasteiger partial charge in [0.25, 0.3) is 0 Å². The van der Waals surface area contributed by atoms with E-state index in [1.165, 1.54) is 12.1 Å². The normalized spacial score (nSPS) is 14.4. The van der Waals surface area contributed by atoms with E-state index < -0.39 is 0 Å². The number of benzene rings is 2. The molecule has 9 heteroatoms. The Hall–Kier alpha value is -3.43. The molecule has 3 heterocycles. The summed E-state index contributed by atoms with van der Waals surface area (Å²) in [6.45, 7) is 4.02. The monoisotopic (exact) mass is 506 g/mol. The summed E-state index contributed by atoms with van der Waals surface area (Å²) in [6, 6.07) is 13.1. The SMILES string of the molecule is COc1cc(Nc2nc(Nc3cccc(F)c3)c3c(C)csc3n2)ccc1N1CCC(N(C)C)CC1. The third-order valence-electron chi connectivity index (χ3n) is 6.68. The van der Waals surface area contributed by atoms with Crippen molar-refractivity contribution < 1.29 is 9.13 Å². The molecule has 0 bridgehead atoms. The van der Waals surface area contributed by atoms with Crippen LogP contribution >= 0.6 is 11.3 Å². The zero-order valence-electron chi connectivity index (χ0n) is 21.0. The van der Waals surface area contributed by atoms with Crippen LogP contribution in [0.25, 0.3) is 10.2 Å². The Labute approximate surface area is 214 Å². The van der Waals surface area contributed by atoms with E-state index in [0.29, 0.717) is 23.5 Å². The molecule has 0 radical (unpaired) electrons. The van der Waals surface area contributed by atoms with E-state index in [1.807, 2.05) is 25.1 Å². The molecule has 188 valence electrons. The maximum Gasteiger partial charge on any atom is 0.230 e. The van der Waals surface area contributed by atoms with E-state index in [1.54, 1.807) is 24.5 Å². The third kappa shape index (κ3) is 5.08. The highest BCUT2D eigenvalue weighted by Gasteiger charge is 2.23. The number of nitrogens with one attached hydrogen (secondary N) is 2. The second kappa shape index (κ2) is 10.3. The predicted octanol–water partition coefficient (Wildman–Crippen LogP) is 6.17. The Morgan fingerprint density at radius 2 is 1.83 bits per heavy atom. The smallest absolute Gasteiger partial charge is 0.230 e. The Morgan fingerprint density at radius 1 is 1.06 bits per heavy atom. The highest BCUT2D eigenvalue weighted by atomic mass is 32.1. The highest BCUT2D eigenvalue weighted by Crippen LogP contribution is 2.36. The van der Waals surface area contributed by atoms with E-state index in [0.717, 1.165) is 58.8 Å². The van der Waals surface area contributed by atoms with Gasteiger partial charge in [-0.3, -0.25) is 0 Å². The molecular weight excluding hydrogens is 475 g/mol. The van der Waals surface area contributed by atoms with Crippen molar-refractivity contribution in [3.8, 4) is 5.75 Å². The molecule has 1 aliphatic rings. The van der Waals surface area contributed by atoms with Crippen LogP contribution < -0.4 is 20.3 Å². The summed E-state index contributed by atoms with van der Waals surface area (Å²) in [4.78, 5) is 15.0. The predicted molar refractivity (Wildman–Crippen MR) is 147 cm³/mol. The number of rotatable bonds is 7. The van der Waals surface area contributed by atoms with Crippen LogP contribution in [-0.2, 0) is 0 Å². The number of methoxy groups -OCH3 is 1. The van der Waals surface area contributed by atoms with Crippen molar-refractivity contribution >= 4 is 50.4 Å². The second-order valence-electron chi connectivity index (χ2n) is 9.32. The molecule has 7 nitrogen and oxygen atoms in total. The van der Waals surface area contributed by atoms with Crippen LogP contribution in [0.15, 0.2) is 47.8 Å². The van der Waals surface area contributed by atoms with Gasteiger partial charge in [0.05, 0.1) is 18.2 Å². The summed E-state index contributed by atoms with van der Waals surface area (Å²) in [5, 5.41) is 9.59. The zero-order valence-corrected chi connectivity index (χ0v) is 21.8. The average Bonchev–Trinajstić information content (AvgIpc) is 3.24. The van der Waals surface area contributed by atoms with Crippen LogP contribution in [0.4, 0.5) is 33.2 Å². The zero-order chi connectivity index (χ0) is 25.2. The first kappa shape index (κ1) is 24.3. The van der Waals surface area contributed by atoms with Gasteiger partial charge in [0.1, 0.15) is 22.2 Å². The molecule has 1 fully saturated rings. The molecule has 0 saturated carbocycles. The third-order valence-corrected chi connectivity index (χ3v) is 7.67. The number of halogens is 1. The lowest BCUT2D eigenvalue weighted by molar-refractivity contribution is 0.249. The van der Waals surface area contributed by atoms with Gasteiger partial charge in [-0.2, -0.15) is 4.98 Å². The molecule has 0 aliphatic carbocycles. The maximum absolute atomic E-state index is 13.8. The summed E-state index contributed by atoms with van der Waals surface area (Å²) < 4.78 is 19.5. The molecular formula is C27H31FN6OS. The molecule has 0 spiro atoms. The number of hydrogen-bond acceptors (Lipinski definition) is 8. The van der Waals surface area contributed by atoms with Gasteiger partial charge in [-0.1, -0.05) is 6.07 Å². The van der Waals surface area contributed by atoms with E-state index in [9.17, 15) is 4.39 Å². The first-order chi connectivity index (χ1) is 17.4. The number of hydrogen-bond donors (Lipinski definition) is 2. The summed E-state index contributed by atoms with van der Waals surface area (Å²) in [6.07, 6.45) is 2.26. The van der Waals surface area contributed by atoms with Crippen LogP contribution in [0.3, 0.4) is 0 Å². The standard InChI is InChI=1S/C27H31FN6OS/c1-17-16-36-26-24(17)25(29-19-7-5-6-18(28)14-19)31-27(32-26)30-20-8-9-22(23(15-20)35-4)34-12-10-21(11-13-34)33(2)3/h5-9,14-16,21H,10-13H2,1-4H3,(H2,29,30,31,32). The van der Waals surface area contributed by atoms with Crippen molar-refractivity contribution in [1.29, 1.82) is 0 Å². The van der Waals surface area contributed by atoms with Crippen molar-refractivity contribution in [2.24, 2.45) is 0 Å². The maximum atomic E-state index is 13.8. The summed E-state index contributed by atoms with van der Waals surface area (Å²) in [5.74, 6) is 1.61. The number of piperidine rings is 1. The Balaban J connectivity index is 1.40. The molecule has 1 saturated heterocycles. The Morgan fingerprint density at radius 3 is 2.56 bits per heavy atom. The topological polar surface area (TPSA) is 65.5 Å². The molecule has 2 aromatic heterocycles. The van der Waals surface area contributed by atoms with Crippen LogP contribution in [0, 0.1) is 12.7 Å². The van der Waals surface area contributed by atoms with E-state index >= 15 is 0 Å². The number of ether oxygens (including phenoxy) is 1. The first-order valence-corrected chi connectivity index (χ1v) is 12.9. The van der Waals surface area contributed by atoms with Gasteiger partial charge in [0.15, 0.2) is 0 Å². The van der Waals surface area contributed by atoms with Crippen molar-refractivity contribution in [1.82, 2.24) is 14.9 Å². The van der Waals surface area contributed by atoms with Crippen molar-refractivity contribution in [2.75, 3.05) is 49.8 Å². The molecule has 5 rings (SSSR count). The van der Waals surface area contributed by atoms with E-state index in [4.69, 9.17) is 14.7 Å². The molecule has 0 amide bonds. The van der Waals surface area contributed by atoms with Gasteiger partial charge in [-0.15, -0.1) is 11.3 Å². The van der Waals surface area contributed by atoms with Crippen molar-refractivity contribution in [3.05, 3.63) is 59.2 Å². The molecule has 2 N–H and O–H groups in total. The number of fused-ring (bicyclic) bond motifs is 1. The molecule has 36 heavy (non-hydrogen) atoms. The van der Waals surface area contributed by atoms with Gasteiger partial charge >= 0.3 is 0 Å². The molecule has 0 atom stereocenters. The average molecular weight is 507 g/mol. The minimum absolute atomic E-state index is 0.302. The summed E-state index contributed by atoms with van der Waals surface area (Å²) in [5.41, 5.74) is 3.64. The molecule has 1 aliphatic heterocycles. The lowest BCUT2D eigenvalue weighted by Crippen LogP contribution is -2.42. The largest absolute Gasteiger partial charge is 0.495 e. The number of anilines is 5. The van der Waals surface area contributed by atoms with Crippen LogP contribution in [0.1, 0.15) is 18.4 Å². The van der Waals surface area contributed by atoms with Crippen LogP contribution in [0.5, 0.6) is 5.75 Å². The minimum Gasteiger partial charge on any atom is -0.495 e. The van der Waals surface area contributed by atoms with E-state index in [2.05, 4.69) is 46.0 Å². The number of aryl methyl sites for hydroxylation is 1. The quantitative estimate of drug-likeness (QED) is 0.311. The minimum atomic E-state index is -0.302. The number of thiophene rings is 1. The molecule has 2 aromatic carbocycles.